The minimum atomic E-state index is 0.0678. The van der Waals surface area contributed by atoms with E-state index in [0.29, 0.717) is 5.02 Å². The molecule has 5 rings (SSSR count). The van der Waals surface area contributed by atoms with Crippen LogP contribution in [0.25, 0.3) is 22.1 Å². The highest BCUT2D eigenvalue weighted by atomic mass is 35.5. The van der Waals surface area contributed by atoms with E-state index in [4.69, 9.17) is 16.6 Å². The molecule has 0 aliphatic carbocycles. The normalized spacial score (nSPS) is 12.6. The van der Waals surface area contributed by atoms with Crippen LogP contribution in [0.4, 0.5) is 0 Å². The lowest BCUT2D eigenvalue weighted by molar-refractivity contribution is 0.745. The van der Waals surface area contributed by atoms with Gasteiger partial charge in [-0.3, -0.25) is 4.68 Å². The lowest BCUT2D eigenvalue weighted by atomic mass is 10.2. The van der Waals surface area contributed by atoms with Crippen molar-refractivity contribution in [3.8, 4) is 0 Å². The Balaban J connectivity index is 1.57. The van der Waals surface area contributed by atoms with Gasteiger partial charge in [0.25, 0.3) is 0 Å². The van der Waals surface area contributed by atoms with Gasteiger partial charge in [0.05, 0.1) is 27.9 Å². The number of thioether (sulfide) groups is 1. The van der Waals surface area contributed by atoms with Crippen molar-refractivity contribution in [2.24, 2.45) is 7.05 Å². The van der Waals surface area contributed by atoms with Crippen LogP contribution < -0.4 is 0 Å². The third kappa shape index (κ3) is 3.44. The Hall–Kier alpha value is -2.90. The molecule has 6 nitrogen and oxygen atoms in total. The maximum absolute atomic E-state index is 6.24. The summed E-state index contributed by atoms with van der Waals surface area (Å²) in [6.07, 6.45) is 3.41. The minimum absolute atomic E-state index is 0.0678. The maximum atomic E-state index is 6.24. The molecule has 1 atom stereocenters. The van der Waals surface area contributed by atoms with Crippen molar-refractivity contribution in [2.75, 3.05) is 0 Å². The van der Waals surface area contributed by atoms with Crippen LogP contribution >= 0.6 is 23.4 Å². The SMILES string of the molecule is C[C@@H](Sc1ncnc2c1cnn2C)c1nc2cc(Cl)ccc2n1Cc1ccccc1. The van der Waals surface area contributed by atoms with Gasteiger partial charge in [0.2, 0.25) is 0 Å². The second-order valence-electron chi connectivity index (χ2n) is 7.12. The van der Waals surface area contributed by atoms with E-state index in [-0.39, 0.29) is 5.25 Å². The Bertz CT molecular complexity index is 1340. The van der Waals surface area contributed by atoms with Gasteiger partial charge in [0, 0.05) is 18.6 Å². The van der Waals surface area contributed by atoms with Crippen molar-refractivity contribution in [1.82, 2.24) is 29.3 Å². The highest BCUT2D eigenvalue weighted by molar-refractivity contribution is 7.99. The number of hydrogen-bond acceptors (Lipinski definition) is 5. The third-order valence-electron chi connectivity index (χ3n) is 5.07. The van der Waals surface area contributed by atoms with Crippen molar-refractivity contribution in [3.63, 3.8) is 0 Å². The number of fused-ring (bicyclic) bond motifs is 2. The standard InChI is InChI=1S/C22H19ClN6S/c1-14(30-22-17-11-26-28(2)21(17)24-13-25-22)20-27-18-10-16(23)8-9-19(18)29(20)12-15-6-4-3-5-7-15/h3-11,13-14H,12H2,1-2H3/t14-/m1/s1. The molecule has 3 aromatic heterocycles. The molecule has 0 unspecified atom stereocenters. The van der Waals surface area contributed by atoms with E-state index in [1.165, 1.54) is 5.56 Å². The van der Waals surface area contributed by atoms with Crippen molar-refractivity contribution >= 4 is 45.4 Å². The van der Waals surface area contributed by atoms with Crippen molar-refractivity contribution in [1.29, 1.82) is 0 Å². The highest BCUT2D eigenvalue weighted by Crippen LogP contribution is 2.38. The van der Waals surface area contributed by atoms with Crippen LogP contribution in [0, 0.1) is 0 Å². The molecule has 30 heavy (non-hydrogen) atoms. The van der Waals surface area contributed by atoms with Crippen LogP contribution in [0.1, 0.15) is 23.6 Å². The molecule has 0 fully saturated rings. The van der Waals surface area contributed by atoms with Crippen LogP contribution in [-0.2, 0) is 13.6 Å². The van der Waals surface area contributed by atoms with E-state index in [0.717, 1.165) is 39.5 Å². The second-order valence-corrected chi connectivity index (χ2v) is 8.89. The smallest absolute Gasteiger partial charge is 0.162 e. The zero-order valence-electron chi connectivity index (χ0n) is 16.5. The molecule has 0 bridgehead atoms. The molecular weight excluding hydrogens is 416 g/mol. The van der Waals surface area contributed by atoms with Gasteiger partial charge in [-0.05, 0) is 30.7 Å². The first kappa shape index (κ1) is 19.1. The molecule has 3 heterocycles. The van der Waals surface area contributed by atoms with E-state index in [9.17, 15) is 0 Å². The molecule has 2 aromatic carbocycles. The van der Waals surface area contributed by atoms with Crippen molar-refractivity contribution in [3.05, 3.63) is 77.5 Å². The molecule has 5 aromatic rings. The molecule has 0 radical (unpaired) electrons. The summed E-state index contributed by atoms with van der Waals surface area (Å²) in [7, 11) is 1.89. The third-order valence-corrected chi connectivity index (χ3v) is 6.42. The van der Waals surface area contributed by atoms with Gasteiger partial charge < -0.3 is 4.57 Å². The maximum Gasteiger partial charge on any atom is 0.162 e. The highest BCUT2D eigenvalue weighted by Gasteiger charge is 2.20. The zero-order chi connectivity index (χ0) is 20.7. The summed E-state index contributed by atoms with van der Waals surface area (Å²) in [6.45, 7) is 2.89. The Morgan fingerprint density at radius 3 is 2.77 bits per heavy atom. The Morgan fingerprint density at radius 2 is 1.93 bits per heavy atom. The number of hydrogen-bond donors (Lipinski definition) is 0. The lowest BCUT2D eigenvalue weighted by Gasteiger charge is -2.15. The van der Waals surface area contributed by atoms with E-state index < -0.39 is 0 Å². The number of aryl methyl sites for hydroxylation is 1. The molecule has 0 aliphatic rings. The number of rotatable bonds is 5. The average molecular weight is 435 g/mol. The molecule has 0 aliphatic heterocycles. The molecule has 0 saturated carbocycles. The molecule has 0 amide bonds. The van der Waals surface area contributed by atoms with Crippen LogP contribution in [0.5, 0.6) is 0 Å². The van der Waals surface area contributed by atoms with Crippen LogP contribution in [-0.4, -0.2) is 29.3 Å². The first-order chi connectivity index (χ1) is 14.6. The molecule has 0 saturated heterocycles. The van der Waals surface area contributed by atoms with Gasteiger partial charge >= 0.3 is 0 Å². The average Bonchev–Trinajstić information content (AvgIpc) is 3.30. The summed E-state index contributed by atoms with van der Waals surface area (Å²) in [5.41, 5.74) is 4.01. The fourth-order valence-electron chi connectivity index (χ4n) is 3.62. The van der Waals surface area contributed by atoms with E-state index in [1.54, 1.807) is 22.8 Å². The van der Waals surface area contributed by atoms with E-state index in [1.807, 2.05) is 37.5 Å². The summed E-state index contributed by atoms with van der Waals surface area (Å²) < 4.78 is 4.03. The summed E-state index contributed by atoms with van der Waals surface area (Å²) in [6, 6.07) is 16.3. The van der Waals surface area contributed by atoms with Gasteiger partial charge in [-0.25, -0.2) is 15.0 Å². The summed E-state index contributed by atoms with van der Waals surface area (Å²) in [5.74, 6) is 0.983. The first-order valence-electron chi connectivity index (χ1n) is 9.59. The summed E-state index contributed by atoms with van der Waals surface area (Å²) in [4.78, 5) is 13.8. The van der Waals surface area contributed by atoms with Gasteiger partial charge in [-0.2, -0.15) is 5.10 Å². The molecule has 150 valence electrons. The Labute approximate surface area is 182 Å². The largest absolute Gasteiger partial charge is 0.323 e. The summed E-state index contributed by atoms with van der Waals surface area (Å²) in [5, 5.41) is 6.92. The minimum Gasteiger partial charge on any atom is -0.323 e. The van der Waals surface area contributed by atoms with Crippen molar-refractivity contribution in [2.45, 2.75) is 23.7 Å². The van der Waals surface area contributed by atoms with Crippen molar-refractivity contribution < 1.29 is 0 Å². The quantitative estimate of drug-likeness (QED) is 0.278. The first-order valence-corrected chi connectivity index (χ1v) is 10.8. The van der Waals surface area contributed by atoms with Gasteiger partial charge in [0.15, 0.2) is 5.65 Å². The number of nitrogens with zero attached hydrogens (tertiary/aromatic N) is 6. The fourth-order valence-corrected chi connectivity index (χ4v) is 4.78. The van der Waals surface area contributed by atoms with Gasteiger partial charge in [-0.15, -0.1) is 0 Å². The van der Waals surface area contributed by atoms with Crippen LogP contribution in [0.2, 0.25) is 5.02 Å². The lowest BCUT2D eigenvalue weighted by Crippen LogP contribution is -2.07. The predicted molar refractivity (Wildman–Crippen MR) is 121 cm³/mol. The number of halogens is 1. The monoisotopic (exact) mass is 434 g/mol. The topological polar surface area (TPSA) is 61.4 Å². The van der Waals surface area contributed by atoms with Gasteiger partial charge in [0.1, 0.15) is 17.2 Å². The predicted octanol–water partition coefficient (Wildman–Crippen LogP) is 5.27. The van der Waals surface area contributed by atoms with Crippen LogP contribution in [0.3, 0.4) is 0 Å². The van der Waals surface area contributed by atoms with Gasteiger partial charge in [-0.1, -0.05) is 53.7 Å². The number of imidazole rings is 1. The Morgan fingerprint density at radius 1 is 1.10 bits per heavy atom. The van der Waals surface area contributed by atoms with Crippen LogP contribution in [0.15, 0.2) is 66.1 Å². The molecule has 8 heteroatoms. The molecule has 0 spiro atoms. The number of aromatic nitrogens is 6. The second kappa shape index (κ2) is 7.74. The molecule has 0 N–H and O–H groups in total. The zero-order valence-corrected chi connectivity index (χ0v) is 18.1. The van der Waals surface area contributed by atoms with E-state index in [2.05, 4.69) is 50.8 Å². The Kier molecular flexibility index (Phi) is 4.92. The van der Waals surface area contributed by atoms with E-state index >= 15 is 0 Å². The molecular formula is C22H19ClN6S. The fraction of sp³-hybridized carbons (Fsp3) is 0.182. The number of benzene rings is 2. The summed E-state index contributed by atoms with van der Waals surface area (Å²) >= 11 is 7.90.